The van der Waals surface area contributed by atoms with Gasteiger partial charge in [0.05, 0.1) is 11.9 Å². The van der Waals surface area contributed by atoms with Gasteiger partial charge in [0.25, 0.3) is 0 Å². The topological polar surface area (TPSA) is 69.8 Å². The van der Waals surface area contributed by atoms with E-state index in [-0.39, 0.29) is 6.10 Å². The maximum atomic E-state index is 5.95. The minimum absolute atomic E-state index is 0.125. The van der Waals surface area contributed by atoms with E-state index in [0.717, 1.165) is 42.8 Å². The number of hydrogen-bond donors (Lipinski definition) is 1. The first-order valence-corrected chi connectivity index (χ1v) is 9.26. The molecule has 4 rings (SSSR count). The van der Waals surface area contributed by atoms with Crippen molar-refractivity contribution in [1.29, 1.82) is 0 Å². The Labute approximate surface area is 153 Å². The molecule has 3 aromatic heterocycles. The van der Waals surface area contributed by atoms with Gasteiger partial charge in [0.1, 0.15) is 6.10 Å². The molecule has 2 atom stereocenters. The fraction of sp³-hybridized carbons (Fsp3) is 0.526. The van der Waals surface area contributed by atoms with Crippen LogP contribution in [0, 0.1) is 5.92 Å². The van der Waals surface area contributed by atoms with Crippen molar-refractivity contribution in [3.63, 3.8) is 0 Å². The summed E-state index contributed by atoms with van der Waals surface area (Å²) in [7, 11) is 1.97. The first-order chi connectivity index (χ1) is 12.6. The molecule has 7 heteroatoms. The largest absolute Gasteiger partial charge is 0.372 e. The molecule has 0 amide bonds. The molecule has 0 spiro atoms. The lowest BCUT2D eigenvalue weighted by atomic mass is 9.99. The molecule has 3 aromatic rings. The van der Waals surface area contributed by atoms with Gasteiger partial charge in [-0.2, -0.15) is 10.2 Å². The quantitative estimate of drug-likeness (QED) is 0.737. The minimum atomic E-state index is 0.125. The van der Waals surface area contributed by atoms with Crippen molar-refractivity contribution < 1.29 is 4.74 Å². The van der Waals surface area contributed by atoms with Gasteiger partial charge in [-0.05, 0) is 38.0 Å². The van der Waals surface area contributed by atoms with Crippen LogP contribution in [-0.4, -0.2) is 37.7 Å². The predicted octanol–water partition coefficient (Wildman–Crippen LogP) is 2.61. The van der Waals surface area contributed by atoms with Gasteiger partial charge in [-0.15, -0.1) is 0 Å². The van der Waals surface area contributed by atoms with Crippen LogP contribution < -0.4 is 5.32 Å². The summed E-state index contributed by atoms with van der Waals surface area (Å²) in [5, 5.41) is 13.4. The second kappa shape index (κ2) is 7.17. The van der Waals surface area contributed by atoms with E-state index in [1.54, 1.807) is 0 Å². The highest BCUT2D eigenvalue weighted by Gasteiger charge is 2.31. The molecular formula is C19H26N6O. The first kappa shape index (κ1) is 17.2. The van der Waals surface area contributed by atoms with E-state index in [1.165, 1.54) is 5.56 Å². The molecule has 0 unspecified atom stereocenters. The van der Waals surface area contributed by atoms with Crippen LogP contribution in [0.5, 0.6) is 0 Å². The maximum absolute atomic E-state index is 5.95. The summed E-state index contributed by atoms with van der Waals surface area (Å²) in [6, 6.07) is 4.54. The molecule has 1 N–H and O–H groups in total. The van der Waals surface area contributed by atoms with Crippen LogP contribution in [0.25, 0.3) is 11.0 Å². The molecule has 1 saturated heterocycles. The fourth-order valence-corrected chi connectivity index (χ4v) is 3.70. The van der Waals surface area contributed by atoms with Crippen LogP contribution in [0.1, 0.15) is 43.7 Å². The van der Waals surface area contributed by atoms with Gasteiger partial charge >= 0.3 is 0 Å². The zero-order valence-electron chi connectivity index (χ0n) is 15.6. The minimum Gasteiger partial charge on any atom is -0.372 e. The first-order valence-electron chi connectivity index (χ1n) is 9.26. The van der Waals surface area contributed by atoms with E-state index < -0.39 is 0 Å². The molecule has 0 bridgehead atoms. The fourth-order valence-electron chi connectivity index (χ4n) is 3.70. The SMILES string of the molecule is CC(C)n1ncc2cc(CNC[C@@H]3CCO[C@H]3c3ccnn3C)cnc21. The van der Waals surface area contributed by atoms with E-state index >= 15 is 0 Å². The number of pyridine rings is 1. The highest BCUT2D eigenvalue weighted by atomic mass is 16.5. The maximum Gasteiger partial charge on any atom is 0.157 e. The number of fused-ring (bicyclic) bond motifs is 1. The summed E-state index contributed by atoms with van der Waals surface area (Å²) in [6.07, 6.45) is 6.87. The summed E-state index contributed by atoms with van der Waals surface area (Å²) in [5.41, 5.74) is 3.28. The lowest BCUT2D eigenvalue weighted by Crippen LogP contribution is -2.25. The lowest BCUT2D eigenvalue weighted by molar-refractivity contribution is 0.0838. The van der Waals surface area contributed by atoms with Crippen LogP contribution in [-0.2, 0) is 18.3 Å². The van der Waals surface area contributed by atoms with Crippen LogP contribution in [0.2, 0.25) is 0 Å². The van der Waals surface area contributed by atoms with Crippen molar-refractivity contribution in [3.05, 3.63) is 42.0 Å². The van der Waals surface area contributed by atoms with E-state index in [2.05, 4.69) is 40.4 Å². The van der Waals surface area contributed by atoms with Crippen molar-refractivity contribution in [2.24, 2.45) is 13.0 Å². The molecule has 0 aliphatic carbocycles. The summed E-state index contributed by atoms with van der Waals surface area (Å²) in [6.45, 7) is 6.76. The number of aromatic nitrogens is 5. The molecule has 0 saturated carbocycles. The summed E-state index contributed by atoms with van der Waals surface area (Å²) in [4.78, 5) is 4.60. The average Bonchev–Trinajstić information content (AvgIpc) is 3.33. The lowest BCUT2D eigenvalue weighted by Gasteiger charge is -2.19. The van der Waals surface area contributed by atoms with Gasteiger partial charge in [0, 0.05) is 56.5 Å². The van der Waals surface area contributed by atoms with Gasteiger partial charge in [-0.1, -0.05) is 0 Å². The third-order valence-electron chi connectivity index (χ3n) is 5.08. The Morgan fingerprint density at radius 2 is 2.19 bits per heavy atom. The number of nitrogens with one attached hydrogen (secondary N) is 1. The molecule has 7 nitrogen and oxygen atoms in total. The highest BCUT2D eigenvalue weighted by Crippen LogP contribution is 2.33. The number of rotatable bonds is 6. The Morgan fingerprint density at radius 1 is 1.31 bits per heavy atom. The van der Waals surface area contributed by atoms with Crippen molar-refractivity contribution >= 4 is 11.0 Å². The van der Waals surface area contributed by atoms with E-state index in [1.807, 2.05) is 41.1 Å². The van der Waals surface area contributed by atoms with Crippen molar-refractivity contribution in [2.75, 3.05) is 13.2 Å². The Hall–Kier alpha value is -2.25. The molecule has 4 heterocycles. The molecule has 1 fully saturated rings. The zero-order valence-corrected chi connectivity index (χ0v) is 15.6. The molecule has 26 heavy (non-hydrogen) atoms. The summed E-state index contributed by atoms with van der Waals surface area (Å²) >= 11 is 0. The van der Waals surface area contributed by atoms with Crippen LogP contribution in [0.15, 0.2) is 30.7 Å². The van der Waals surface area contributed by atoms with Crippen molar-refractivity contribution in [1.82, 2.24) is 29.9 Å². The molecule has 138 valence electrons. The van der Waals surface area contributed by atoms with Crippen molar-refractivity contribution in [3.8, 4) is 0 Å². The van der Waals surface area contributed by atoms with Crippen LogP contribution >= 0.6 is 0 Å². The van der Waals surface area contributed by atoms with Gasteiger partial charge in [-0.3, -0.25) is 4.68 Å². The van der Waals surface area contributed by atoms with E-state index in [0.29, 0.717) is 12.0 Å². The molecule has 0 radical (unpaired) electrons. The average molecular weight is 354 g/mol. The standard InChI is InChI=1S/C19H26N6O/c1-13(2)25-19-16(12-23-25)8-14(10-21-19)9-20-11-15-5-7-26-18(15)17-4-6-22-24(17)3/h4,6,8,10,12-13,15,18,20H,5,7,9,11H2,1-3H3/t15-,18+/m0/s1. The molecule has 1 aliphatic heterocycles. The second-order valence-electron chi connectivity index (χ2n) is 7.29. The Bertz CT molecular complexity index is 883. The number of ether oxygens (including phenoxy) is 1. The number of aryl methyl sites for hydroxylation is 1. The molecule has 0 aromatic carbocycles. The summed E-state index contributed by atoms with van der Waals surface area (Å²) in [5.74, 6) is 0.464. The highest BCUT2D eigenvalue weighted by molar-refractivity contribution is 5.75. The Kier molecular flexibility index (Phi) is 4.74. The van der Waals surface area contributed by atoms with E-state index in [9.17, 15) is 0 Å². The summed E-state index contributed by atoms with van der Waals surface area (Å²) < 4.78 is 9.82. The van der Waals surface area contributed by atoms with Crippen molar-refractivity contribution in [2.45, 2.75) is 39.0 Å². The normalized spacial score (nSPS) is 20.5. The van der Waals surface area contributed by atoms with Gasteiger partial charge in [0.2, 0.25) is 0 Å². The van der Waals surface area contributed by atoms with Gasteiger partial charge < -0.3 is 10.1 Å². The smallest absolute Gasteiger partial charge is 0.157 e. The number of hydrogen-bond acceptors (Lipinski definition) is 5. The van der Waals surface area contributed by atoms with Crippen LogP contribution in [0.3, 0.4) is 0 Å². The number of nitrogens with zero attached hydrogens (tertiary/aromatic N) is 5. The van der Waals surface area contributed by atoms with Gasteiger partial charge in [-0.25, -0.2) is 9.67 Å². The third-order valence-corrected chi connectivity index (χ3v) is 5.08. The Balaban J connectivity index is 1.38. The van der Waals surface area contributed by atoms with E-state index in [4.69, 9.17) is 4.74 Å². The molecular weight excluding hydrogens is 328 g/mol. The van der Waals surface area contributed by atoms with Gasteiger partial charge in [0.15, 0.2) is 5.65 Å². The monoisotopic (exact) mass is 354 g/mol. The predicted molar refractivity (Wildman–Crippen MR) is 99.6 cm³/mol. The molecule has 1 aliphatic rings. The zero-order chi connectivity index (χ0) is 18.1. The third kappa shape index (κ3) is 3.24. The van der Waals surface area contributed by atoms with Crippen LogP contribution in [0.4, 0.5) is 0 Å². The Morgan fingerprint density at radius 3 is 2.96 bits per heavy atom. The second-order valence-corrected chi connectivity index (χ2v) is 7.29.